The molecule has 0 aliphatic carbocycles. The Morgan fingerprint density at radius 2 is 2.05 bits per heavy atom. The SMILES string of the molecule is Cl.NCC1CCN(C(=O)c2ccc(F)cc2Br)CC1. The van der Waals surface area contributed by atoms with Gasteiger partial charge in [0.2, 0.25) is 0 Å². The molecule has 1 amide bonds. The molecule has 0 radical (unpaired) electrons. The summed E-state index contributed by atoms with van der Waals surface area (Å²) in [6.07, 6.45) is 1.89. The maximum absolute atomic E-state index is 13.0. The number of carbonyl (C=O) groups excluding carboxylic acids is 1. The lowest BCUT2D eigenvalue weighted by Gasteiger charge is -2.31. The minimum Gasteiger partial charge on any atom is -0.339 e. The summed E-state index contributed by atoms with van der Waals surface area (Å²) in [5, 5.41) is 0. The molecule has 2 rings (SSSR count). The Balaban J connectivity index is 0.00000180. The molecule has 1 heterocycles. The van der Waals surface area contributed by atoms with E-state index in [0.29, 0.717) is 22.5 Å². The highest BCUT2D eigenvalue weighted by Crippen LogP contribution is 2.23. The Kier molecular flexibility index (Phi) is 6.23. The van der Waals surface area contributed by atoms with E-state index in [1.807, 2.05) is 4.90 Å². The number of carbonyl (C=O) groups is 1. The molecule has 0 bridgehead atoms. The first-order valence-electron chi connectivity index (χ1n) is 6.06. The molecule has 0 spiro atoms. The predicted octanol–water partition coefficient (Wildman–Crippen LogP) is 2.82. The van der Waals surface area contributed by atoms with Crippen molar-refractivity contribution >= 4 is 34.2 Å². The fraction of sp³-hybridized carbons (Fsp3) is 0.462. The van der Waals surface area contributed by atoms with Crippen molar-refractivity contribution in [1.82, 2.24) is 4.90 Å². The van der Waals surface area contributed by atoms with Crippen molar-refractivity contribution in [3.63, 3.8) is 0 Å². The molecule has 0 saturated carbocycles. The Labute approximate surface area is 126 Å². The standard InChI is InChI=1S/C13H16BrFN2O.ClH/c14-12-7-10(15)1-2-11(12)13(18)17-5-3-9(8-16)4-6-17;/h1-2,7,9H,3-6,8,16H2;1H. The van der Waals surface area contributed by atoms with Crippen LogP contribution in [0.5, 0.6) is 0 Å². The largest absolute Gasteiger partial charge is 0.339 e. The summed E-state index contributed by atoms with van der Waals surface area (Å²) in [5.74, 6) is 0.128. The second-order valence-corrected chi connectivity index (χ2v) is 5.45. The molecule has 2 N–H and O–H groups in total. The van der Waals surface area contributed by atoms with Gasteiger partial charge in [0.05, 0.1) is 5.56 Å². The quantitative estimate of drug-likeness (QED) is 0.890. The van der Waals surface area contributed by atoms with Crippen LogP contribution in [-0.4, -0.2) is 30.4 Å². The van der Waals surface area contributed by atoms with Gasteiger partial charge in [-0.3, -0.25) is 4.79 Å². The monoisotopic (exact) mass is 350 g/mol. The zero-order valence-corrected chi connectivity index (χ0v) is 12.8. The lowest BCUT2D eigenvalue weighted by atomic mass is 9.96. The molecule has 0 unspecified atom stereocenters. The Bertz CT molecular complexity index is 450. The van der Waals surface area contributed by atoms with Crippen LogP contribution < -0.4 is 5.73 Å². The highest BCUT2D eigenvalue weighted by atomic mass is 79.9. The second-order valence-electron chi connectivity index (χ2n) is 4.60. The van der Waals surface area contributed by atoms with Gasteiger partial charge in [-0.15, -0.1) is 12.4 Å². The maximum Gasteiger partial charge on any atom is 0.255 e. The van der Waals surface area contributed by atoms with Crippen LogP contribution in [0, 0.1) is 11.7 Å². The van der Waals surface area contributed by atoms with Crippen LogP contribution in [0.3, 0.4) is 0 Å². The number of likely N-dealkylation sites (tertiary alicyclic amines) is 1. The molecular weight excluding hydrogens is 335 g/mol. The number of benzene rings is 1. The highest BCUT2D eigenvalue weighted by molar-refractivity contribution is 9.10. The Hall–Kier alpha value is -0.650. The van der Waals surface area contributed by atoms with Gasteiger partial charge in [-0.2, -0.15) is 0 Å². The summed E-state index contributed by atoms with van der Waals surface area (Å²) in [4.78, 5) is 14.1. The molecular formula is C13H17BrClFN2O. The van der Waals surface area contributed by atoms with Gasteiger partial charge in [-0.05, 0) is 59.4 Å². The summed E-state index contributed by atoms with van der Waals surface area (Å²) in [7, 11) is 0. The van der Waals surface area contributed by atoms with Gasteiger partial charge in [0, 0.05) is 17.6 Å². The third-order valence-corrected chi connectivity index (χ3v) is 4.05. The van der Waals surface area contributed by atoms with E-state index in [4.69, 9.17) is 5.73 Å². The lowest BCUT2D eigenvalue weighted by molar-refractivity contribution is 0.0692. The molecule has 0 atom stereocenters. The van der Waals surface area contributed by atoms with Gasteiger partial charge in [-0.1, -0.05) is 0 Å². The molecule has 1 saturated heterocycles. The molecule has 0 aromatic heterocycles. The second kappa shape index (κ2) is 7.22. The van der Waals surface area contributed by atoms with Crippen LogP contribution in [0.25, 0.3) is 0 Å². The van der Waals surface area contributed by atoms with Crippen LogP contribution in [0.15, 0.2) is 22.7 Å². The smallest absolute Gasteiger partial charge is 0.255 e. The molecule has 1 aliphatic rings. The van der Waals surface area contributed by atoms with Gasteiger partial charge in [0.1, 0.15) is 5.82 Å². The first kappa shape index (κ1) is 16.4. The van der Waals surface area contributed by atoms with Crippen LogP contribution in [-0.2, 0) is 0 Å². The van der Waals surface area contributed by atoms with E-state index in [2.05, 4.69) is 15.9 Å². The molecule has 1 fully saturated rings. The molecule has 1 aromatic rings. The van der Waals surface area contributed by atoms with Crippen molar-refractivity contribution in [3.05, 3.63) is 34.1 Å². The zero-order chi connectivity index (χ0) is 13.1. The summed E-state index contributed by atoms with van der Waals surface area (Å²) in [5.41, 5.74) is 6.14. The number of piperidine rings is 1. The molecule has 6 heteroatoms. The average molecular weight is 352 g/mol. The van der Waals surface area contributed by atoms with Crippen LogP contribution >= 0.6 is 28.3 Å². The minimum absolute atomic E-state index is 0. The van der Waals surface area contributed by atoms with Crippen molar-refractivity contribution in [3.8, 4) is 0 Å². The third kappa shape index (κ3) is 3.91. The first-order chi connectivity index (χ1) is 8.61. The zero-order valence-electron chi connectivity index (χ0n) is 10.4. The molecule has 3 nitrogen and oxygen atoms in total. The van der Waals surface area contributed by atoms with Crippen molar-refractivity contribution in [2.24, 2.45) is 11.7 Å². The lowest BCUT2D eigenvalue weighted by Crippen LogP contribution is -2.40. The number of amides is 1. The van der Waals surface area contributed by atoms with Gasteiger partial charge in [-0.25, -0.2) is 4.39 Å². The Morgan fingerprint density at radius 1 is 1.42 bits per heavy atom. The van der Waals surface area contributed by atoms with E-state index >= 15 is 0 Å². The summed E-state index contributed by atoms with van der Waals surface area (Å²) in [6, 6.07) is 4.15. The van der Waals surface area contributed by atoms with Crippen LogP contribution in [0.1, 0.15) is 23.2 Å². The third-order valence-electron chi connectivity index (χ3n) is 3.40. The van der Waals surface area contributed by atoms with Gasteiger partial charge >= 0.3 is 0 Å². The summed E-state index contributed by atoms with van der Waals surface area (Å²) >= 11 is 3.23. The van der Waals surface area contributed by atoms with Crippen LogP contribution in [0.2, 0.25) is 0 Å². The van der Waals surface area contributed by atoms with Crippen LogP contribution in [0.4, 0.5) is 4.39 Å². The van der Waals surface area contributed by atoms with Gasteiger partial charge in [0.15, 0.2) is 0 Å². The highest BCUT2D eigenvalue weighted by Gasteiger charge is 2.24. The number of rotatable bonds is 2. The van der Waals surface area contributed by atoms with E-state index < -0.39 is 0 Å². The molecule has 1 aliphatic heterocycles. The number of hydrogen-bond acceptors (Lipinski definition) is 2. The van der Waals surface area contributed by atoms with Crippen molar-refractivity contribution < 1.29 is 9.18 Å². The van der Waals surface area contributed by atoms with E-state index in [9.17, 15) is 9.18 Å². The predicted molar refractivity (Wildman–Crippen MR) is 79.0 cm³/mol. The molecule has 1 aromatic carbocycles. The number of hydrogen-bond donors (Lipinski definition) is 1. The summed E-state index contributed by atoms with van der Waals surface area (Å²) in [6.45, 7) is 2.14. The van der Waals surface area contributed by atoms with Crippen molar-refractivity contribution in [2.45, 2.75) is 12.8 Å². The molecule has 19 heavy (non-hydrogen) atoms. The Morgan fingerprint density at radius 3 is 2.58 bits per heavy atom. The topological polar surface area (TPSA) is 46.3 Å². The van der Waals surface area contributed by atoms with E-state index in [-0.39, 0.29) is 24.1 Å². The number of halogens is 3. The number of nitrogens with zero attached hydrogens (tertiary/aromatic N) is 1. The van der Waals surface area contributed by atoms with Gasteiger partial charge < -0.3 is 10.6 Å². The summed E-state index contributed by atoms with van der Waals surface area (Å²) < 4.78 is 13.5. The molecule has 106 valence electrons. The van der Waals surface area contributed by atoms with E-state index in [1.54, 1.807) is 0 Å². The first-order valence-corrected chi connectivity index (χ1v) is 6.85. The van der Waals surface area contributed by atoms with E-state index in [0.717, 1.165) is 25.9 Å². The van der Waals surface area contributed by atoms with E-state index in [1.165, 1.54) is 18.2 Å². The van der Waals surface area contributed by atoms with Crippen molar-refractivity contribution in [2.75, 3.05) is 19.6 Å². The average Bonchev–Trinajstić information content (AvgIpc) is 2.38. The number of nitrogens with two attached hydrogens (primary N) is 1. The maximum atomic E-state index is 13.0. The minimum atomic E-state index is -0.347. The fourth-order valence-corrected chi connectivity index (χ4v) is 2.73. The van der Waals surface area contributed by atoms with Gasteiger partial charge in [0.25, 0.3) is 5.91 Å². The van der Waals surface area contributed by atoms with Crippen molar-refractivity contribution in [1.29, 1.82) is 0 Å². The fourth-order valence-electron chi connectivity index (χ4n) is 2.21. The normalized spacial score (nSPS) is 16.1.